The first-order valence-electron chi connectivity index (χ1n) is 10.6. The molecule has 3 fully saturated rings. The summed E-state index contributed by atoms with van der Waals surface area (Å²) in [6, 6.07) is 1.08. The third kappa shape index (κ3) is 5.41. The van der Waals surface area contributed by atoms with Crippen molar-refractivity contribution < 1.29 is 9.90 Å². The molecule has 1 unspecified atom stereocenters. The predicted molar refractivity (Wildman–Crippen MR) is 100 cm³/mol. The lowest BCUT2D eigenvalue weighted by Gasteiger charge is -2.39. The fourth-order valence-corrected chi connectivity index (χ4v) is 5.00. The van der Waals surface area contributed by atoms with Crippen molar-refractivity contribution in [2.45, 2.75) is 76.3 Å². The zero-order chi connectivity index (χ0) is 17.5. The Morgan fingerprint density at radius 3 is 2.36 bits per heavy atom. The number of amides is 1. The molecule has 144 valence electrons. The van der Waals surface area contributed by atoms with Crippen molar-refractivity contribution in [3.8, 4) is 0 Å². The first-order valence-corrected chi connectivity index (χ1v) is 10.6. The number of aliphatic hydroxyl groups is 1. The minimum Gasteiger partial charge on any atom is -0.395 e. The molecule has 0 aromatic heterocycles. The summed E-state index contributed by atoms with van der Waals surface area (Å²) in [5, 5.41) is 12.6. The van der Waals surface area contributed by atoms with Crippen LogP contribution in [0.25, 0.3) is 0 Å². The second-order valence-corrected chi connectivity index (χ2v) is 8.26. The molecule has 1 amide bonds. The maximum Gasteiger partial charge on any atom is 0.223 e. The van der Waals surface area contributed by atoms with Gasteiger partial charge in [-0.05, 0) is 58.2 Å². The van der Waals surface area contributed by atoms with E-state index in [1.807, 2.05) is 0 Å². The van der Waals surface area contributed by atoms with E-state index in [2.05, 4.69) is 15.1 Å². The summed E-state index contributed by atoms with van der Waals surface area (Å²) in [6.07, 6.45) is 12.5. The number of rotatable bonds is 6. The van der Waals surface area contributed by atoms with Crippen LogP contribution in [-0.2, 0) is 4.79 Å². The summed E-state index contributed by atoms with van der Waals surface area (Å²) in [5.41, 5.74) is 0. The molecule has 25 heavy (non-hydrogen) atoms. The maximum atomic E-state index is 12.5. The first kappa shape index (κ1) is 19.1. The fourth-order valence-electron chi connectivity index (χ4n) is 5.00. The SMILES string of the molecule is O=C(NCCN1CCCCC1CO)C1CCN(C2CCCCC2)CC1. The van der Waals surface area contributed by atoms with Gasteiger partial charge in [-0.25, -0.2) is 0 Å². The maximum absolute atomic E-state index is 12.5. The van der Waals surface area contributed by atoms with E-state index in [-0.39, 0.29) is 18.4 Å². The smallest absolute Gasteiger partial charge is 0.223 e. The van der Waals surface area contributed by atoms with Crippen LogP contribution in [0.2, 0.25) is 0 Å². The van der Waals surface area contributed by atoms with Crippen molar-refractivity contribution in [2.24, 2.45) is 5.92 Å². The summed E-state index contributed by atoms with van der Waals surface area (Å²) < 4.78 is 0. The van der Waals surface area contributed by atoms with Crippen LogP contribution in [0.15, 0.2) is 0 Å². The Kier molecular flexibility index (Phi) is 7.56. The van der Waals surface area contributed by atoms with Crippen molar-refractivity contribution in [3.05, 3.63) is 0 Å². The van der Waals surface area contributed by atoms with E-state index in [0.717, 1.165) is 58.0 Å². The Labute approximate surface area is 153 Å². The number of carbonyl (C=O) groups is 1. The lowest BCUT2D eigenvalue weighted by atomic mass is 9.90. The Balaban J connectivity index is 1.33. The molecule has 0 aromatic rings. The number of nitrogens with one attached hydrogen (secondary N) is 1. The van der Waals surface area contributed by atoms with Gasteiger partial charge in [0, 0.05) is 31.1 Å². The Morgan fingerprint density at radius 2 is 1.64 bits per heavy atom. The van der Waals surface area contributed by atoms with Crippen molar-refractivity contribution >= 4 is 5.91 Å². The molecule has 0 aromatic carbocycles. The summed E-state index contributed by atoms with van der Waals surface area (Å²) >= 11 is 0. The standard InChI is InChI=1S/C20H37N3O2/c24-16-19-8-4-5-12-22(19)15-11-21-20(25)17-9-13-23(14-10-17)18-6-2-1-3-7-18/h17-19,24H,1-16H2,(H,21,25). The summed E-state index contributed by atoms with van der Waals surface area (Å²) in [6.45, 7) is 5.09. The molecule has 2 saturated heterocycles. The van der Waals surface area contributed by atoms with Crippen LogP contribution in [0.5, 0.6) is 0 Å². The lowest BCUT2D eigenvalue weighted by molar-refractivity contribution is -0.126. The van der Waals surface area contributed by atoms with Crippen LogP contribution in [-0.4, -0.2) is 72.2 Å². The van der Waals surface area contributed by atoms with E-state index in [0.29, 0.717) is 6.04 Å². The summed E-state index contributed by atoms with van der Waals surface area (Å²) in [5.74, 6) is 0.454. The monoisotopic (exact) mass is 351 g/mol. The number of nitrogens with zero attached hydrogens (tertiary/aromatic N) is 2. The lowest BCUT2D eigenvalue weighted by Crippen LogP contribution is -2.48. The molecule has 3 aliphatic rings. The van der Waals surface area contributed by atoms with Crippen molar-refractivity contribution in [1.29, 1.82) is 0 Å². The quantitative estimate of drug-likeness (QED) is 0.768. The molecule has 0 radical (unpaired) electrons. The van der Waals surface area contributed by atoms with Crippen LogP contribution in [0.1, 0.15) is 64.2 Å². The number of piperidine rings is 2. The molecule has 1 saturated carbocycles. The topological polar surface area (TPSA) is 55.8 Å². The normalized spacial score (nSPS) is 28.1. The van der Waals surface area contributed by atoms with E-state index in [4.69, 9.17) is 0 Å². The van der Waals surface area contributed by atoms with E-state index < -0.39 is 0 Å². The van der Waals surface area contributed by atoms with Gasteiger partial charge >= 0.3 is 0 Å². The number of likely N-dealkylation sites (tertiary alicyclic amines) is 2. The summed E-state index contributed by atoms with van der Waals surface area (Å²) in [7, 11) is 0. The molecule has 1 aliphatic carbocycles. The Morgan fingerprint density at radius 1 is 0.920 bits per heavy atom. The molecule has 5 heteroatoms. The zero-order valence-corrected chi connectivity index (χ0v) is 15.8. The van der Waals surface area contributed by atoms with Crippen LogP contribution < -0.4 is 5.32 Å². The van der Waals surface area contributed by atoms with Crippen LogP contribution in [0, 0.1) is 5.92 Å². The van der Waals surface area contributed by atoms with E-state index >= 15 is 0 Å². The van der Waals surface area contributed by atoms with Crippen LogP contribution in [0.3, 0.4) is 0 Å². The number of hydrogen-bond acceptors (Lipinski definition) is 4. The van der Waals surface area contributed by atoms with Crippen molar-refractivity contribution in [2.75, 3.05) is 39.3 Å². The largest absolute Gasteiger partial charge is 0.395 e. The van der Waals surface area contributed by atoms with Gasteiger partial charge in [0.15, 0.2) is 0 Å². The molecule has 0 bridgehead atoms. The fraction of sp³-hybridized carbons (Fsp3) is 0.950. The third-order valence-electron chi connectivity index (χ3n) is 6.65. The molecule has 0 spiro atoms. The van der Waals surface area contributed by atoms with Gasteiger partial charge in [-0.1, -0.05) is 25.7 Å². The Hall–Kier alpha value is -0.650. The molecule has 5 nitrogen and oxygen atoms in total. The van der Waals surface area contributed by atoms with Crippen LogP contribution >= 0.6 is 0 Å². The van der Waals surface area contributed by atoms with Gasteiger partial charge in [0.05, 0.1) is 6.61 Å². The van der Waals surface area contributed by atoms with Gasteiger partial charge < -0.3 is 15.3 Å². The zero-order valence-electron chi connectivity index (χ0n) is 15.8. The number of aliphatic hydroxyl groups excluding tert-OH is 1. The minimum absolute atomic E-state index is 0.204. The highest BCUT2D eigenvalue weighted by Gasteiger charge is 2.29. The molecular weight excluding hydrogens is 314 g/mol. The first-order chi connectivity index (χ1) is 12.3. The van der Waals surface area contributed by atoms with Gasteiger partial charge in [-0.15, -0.1) is 0 Å². The van der Waals surface area contributed by atoms with Gasteiger partial charge in [-0.2, -0.15) is 0 Å². The second kappa shape index (κ2) is 9.89. The summed E-state index contributed by atoms with van der Waals surface area (Å²) in [4.78, 5) is 17.5. The van der Waals surface area contributed by atoms with Crippen molar-refractivity contribution in [1.82, 2.24) is 15.1 Å². The van der Waals surface area contributed by atoms with Crippen LogP contribution in [0.4, 0.5) is 0 Å². The molecule has 2 heterocycles. The highest BCUT2D eigenvalue weighted by Crippen LogP contribution is 2.27. The highest BCUT2D eigenvalue weighted by molar-refractivity contribution is 5.78. The van der Waals surface area contributed by atoms with Gasteiger partial charge in [0.1, 0.15) is 0 Å². The molecule has 2 N–H and O–H groups in total. The molecular formula is C20H37N3O2. The average Bonchev–Trinajstić information content (AvgIpc) is 2.69. The number of carbonyl (C=O) groups excluding carboxylic acids is 1. The minimum atomic E-state index is 0.204. The van der Waals surface area contributed by atoms with E-state index in [9.17, 15) is 9.90 Å². The van der Waals surface area contributed by atoms with E-state index in [1.165, 1.54) is 44.9 Å². The predicted octanol–water partition coefficient (Wildman–Crippen LogP) is 1.99. The van der Waals surface area contributed by atoms with Crippen molar-refractivity contribution in [3.63, 3.8) is 0 Å². The Bertz CT molecular complexity index is 404. The van der Waals surface area contributed by atoms with E-state index in [1.54, 1.807) is 0 Å². The van der Waals surface area contributed by atoms with Gasteiger partial charge in [0.25, 0.3) is 0 Å². The van der Waals surface area contributed by atoms with Gasteiger partial charge in [-0.3, -0.25) is 9.69 Å². The number of hydrogen-bond donors (Lipinski definition) is 2. The van der Waals surface area contributed by atoms with Gasteiger partial charge in [0.2, 0.25) is 5.91 Å². The molecule has 2 aliphatic heterocycles. The second-order valence-electron chi connectivity index (χ2n) is 8.26. The highest BCUT2D eigenvalue weighted by atomic mass is 16.3. The molecule has 1 atom stereocenters. The average molecular weight is 352 g/mol. The molecule has 3 rings (SSSR count). The third-order valence-corrected chi connectivity index (χ3v) is 6.65.